The molecule has 30 heavy (non-hydrogen) atoms. The summed E-state index contributed by atoms with van der Waals surface area (Å²) in [5.41, 5.74) is -0.396. The highest BCUT2D eigenvalue weighted by Crippen LogP contribution is 2.33. The lowest BCUT2D eigenvalue weighted by Gasteiger charge is -2.13. The number of aromatic nitrogens is 1. The summed E-state index contributed by atoms with van der Waals surface area (Å²) in [6, 6.07) is 15.7. The van der Waals surface area contributed by atoms with Gasteiger partial charge in [-0.1, -0.05) is 25.1 Å². The number of ether oxygens (including phenoxy) is 1. The number of benzene rings is 2. The van der Waals surface area contributed by atoms with Crippen LogP contribution in [0.2, 0.25) is 0 Å². The number of amides is 1. The van der Waals surface area contributed by atoms with Gasteiger partial charge in [-0.15, -0.1) is 0 Å². The number of para-hydroxylation sites is 1. The summed E-state index contributed by atoms with van der Waals surface area (Å²) in [7, 11) is 0. The zero-order valence-electron chi connectivity index (χ0n) is 16.1. The number of nitrogens with zero attached hydrogens (tertiary/aromatic N) is 2. The molecule has 0 aliphatic heterocycles. The number of carboxylic acids is 1. The van der Waals surface area contributed by atoms with Crippen molar-refractivity contribution in [3.05, 3.63) is 59.9 Å². The highest BCUT2D eigenvalue weighted by atomic mass is 16.5. The molecule has 0 aliphatic rings. The molecule has 1 amide bonds. The number of hydrogen-bond donors (Lipinski definition) is 3. The minimum Gasteiger partial charge on any atom is -0.505 e. The van der Waals surface area contributed by atoms with Crippen LogP contribution in [-0.4, -0.2) is 33.6 Å². The molecule has 0 saturated heterocycles. The van der Waals surface area contributed by atoms with Crippen LogP contribution < -0.4 is 10.1 Å². The number of carbonyl (C=O) groups is 2. The van der Waals surface area contributed by atoms with Crippen molar-refractivity contribution in [2.75, 3.05) is 6.54 Å². The highest BCUT2D eigenvalue weighted by molar-refractivity contribution is 6.03. The SMILES string of the molecule is CCC(CNC(=O)c1nc(C#N)c2cc(Oc3ccccc3)ccc2c1O)C(=O)O. The minimum atomic E-state index is -1.03. The molecule has 3 N–H and O–H groups in total. The Hall–Kier alpha value is -4.12. The van der Waals surface area contributed by atoms with Crippen LogP contribution >= 0.6 is 0 Å². The van der Waals surface area contributed by atoms with E-state index in [9.17, 15) is 20.0 Å². The third kappa shape index (κ3) is 4.31. The van der Waals surface area contributed by atoms with Crippen LogP contribution in [0.4, 0.5) is 0 Å². The van der Waals surface area contributed by atoms with Crippen molar-refractivity contribution in [1.82, 2.24) is 10.3 Å². The van der Waals surface area contributed by atoms with E-state index in [4.69, 9.17) is 9.84 Å². The van der Waals surface area contributed by atoms with Crippen LogP contribution in [0.3, 0.4) is 0 Å². The predicted octanol–water partition coefficient (Wildman–Crippen LogP) is 3.44. The number of aliphatic carboxylic acids is 1. The van der Waals surface area contributed by atoms with Crippen LogP contribution in [0.25, 0.3) is 10.8 Å². The van der Waals surface area contributed by atoms with E-state index in [1.807, 2.05) is 24.3 Å². The molecule has 1 heterocycles. The van der Waals surface area contributed by atoms with E-state index < -0.39 is 23.5 Å². The Kier molecular flexibility index (Phi) is 6.13. The van der Waals surface area contributed by atoms with Crippen molar-refractivity contribution in [1.29, 1.82) is 5.26 Å². The van der Waals surface area contributed by atoms with E-state index in [0.717, 1.165) is 0 Å². The normalized spacial score (nSPS) is 11.5. The van der Waals surface area contributed by atoms with Crippen molar-refractivity contribution in [3.63, 3.8) is 0 Å². The number of aromatic hydroxyl groups is 1. The summed E-state index contributed by atoms with van der Waals surface area (Å²) in [6.45, 7) is 1.58. The first-order chi connectivity index (χ1) is 14.4. The molecule has 0 saturated carbocycles. The molecule has 1 unspecified atom stereocenters. The summed E-state index contributed by atoms with van der Waals surface area (Å²) in [6.07, 6.45) is 0.334. The summed E-state index contributed by atoms with van der Waals surface area (Å²) < 4.78 is 5.75. The summed E-state index contributed by atoms with van der Waals surface area (Å²) >= 11 is 0. The van der Waals surface area contributed by atoms with Gasteiger partial charge in [0, 0.05) is 17.3 Å². The van der Waals surface area contributed by atoms with Gasteiger partial charge in [-0.3, -0.25) is 9.59 Å². The standard InChI is InChI=1S/C22H19N3O5/c1-2-13(22(28)29)12-24-21(27)19-20(26)16-9-8-15(10-17(16)18(11-23)25-19)30-14-6-4-3-5-7-14/h3-10,13,26H,2,12H2,1H3,(H,24,27)(H,28,29). The van der Waals surface area contributed by atoms with Crippen LogP contribution in [-0.2, 0) is 4.79 Å². The average Bonchev–Trinajstić information content (AvgIpc) is 2.75. The van der Waals surface area contributed by atoms with Crippen LogP contribution in [0.1, 0.15) is 29.5 Å². The Morgan fingerprint density at radius 3 is 2.53 bits per heavy atom. The van der Waals surface area contributed by atoms with Crippen molar-refractivity contribution >= 4 is 22.6 Å². The Morgan fingerprint density at radius 2 is 1.90 bits per heavy atom. The van der Waals surface area contributed by atoms with Crippen LogP contribution in [0, 0.1) is 17.2 Å². The number of fused-ring (bicyclic) bond motifs is 1. The molecular formula is C22H19N3O5. The van der Waals surface area contributed by atoms with Crippen molar-refractivity contribution in [2.45, 2.75) is 13.3 Å². The first-order valence-electron chi connectivity index (χ1n) is 9.25. The zero-order valence-corrected chi connectivity index (χ0v) is 16.1. The van der Waals surface area contributed by atoms with E-state index in [2.05, 4.69) is 10.3 Å². The molecule has 3 aromatic rings. The number of carboxylic acid groups (broad SMARTS) is 1. The van der Waals surface area contributed by atoms with Gasteiger partial charge in [-0.2, -0.15) is 5.26 Å². The Labute approximate surface area is 172 Å². The second-order valence-electron chi connectivity index (χ2n) is 6.55. The van der Waals surface area contributed by atoms with Gasteiger partial charge in [0.05, 0.1) is 5.92 Å². The molecule has 152 valence electrons. The van der Waals surface area contributed by atoms with Crippen molar-refractivity contribution < 1.29 is 24.5 Å². The maximum Gasteiger partial charge on any atom is 0.308 e. The van der Waals surface area contributed by atoms with E-state index in [1.165, 1.54) is 6.07 Å². The van der Waals surface area contributed by atoms with Gasteiger partial charge in [-0.25, -0.2) is 4.98 Å². The Bertz CT molecular complexity index is 1140. The summed E-state index contributed by atoms with van der Waals surface area (Å²) in [5, 5.41) is 32.2. The van der Waals surface area contributed by atoms with Gasteiger partial charge in [0.25, 0.3) is 5.91 Å². The second-order valence-corrected chi connectivity index (χ2v) is 6.55. The predicted molar refractivity (Wildman–Crippen MR) is 108 cm³/mol. The molecule has 0 bridgehead atoms. The van der Waals surface area contributed by atoms with Gasteiger partial charge in [0.15, 0.2) is 11.4 Å². The quantitative estimate of drug-likeness (QED) is 0.548. The third-order valence-corrected chi connectivity index (χ3v) is 4.60. The molecule has 0 spiro atoms. The van der Waals surface area contributed by atoms with Crippen molar-refractivity contribution in [2.24, 2.45) is 5.92 Å². The van der Waals surface area contributed by atoms with E-state index in [1.54, 1.807) is 31.2 Å². The van der Waals surface area contributed by atoms with Crippen LogP contribution in [0.15, 0.2) is 48.5 Å². The summed E-state index contributed by atoms with van der Waals surface area (Å²) in [4.78, 5) is 27.6. The molecular weight excluding hydrogens is 386 g/mol. The smallest absolute Gasteiger partial charge is 0.308 e. The van der Waals surface area contributed by atoms with Gasteiger partial charge >= 0.3 is 5.97 Å². The number of nitrogens with one attached hydrogen (secondary N) is 1. The fourth-order valence-electron chi connectivity index (χ4n) is 2.92. The average molecular weight is 405 g/mol. The lowest BCUT2D eigenvalue weighted by Crippen LogP contribution is -2.33. The number of nitriles is 1. The molecule has 0 radical (unpaired) electrons. The molecule has 2 aromatic carbocycles. The number of carbonyl (C=O) groups excluding carboxylic acids is 1. The fourth-order valence-corrected chi connectivity index (χ4v) is 2.92. The molecule has 1 aromatic heterocycles. The Balaban J connectivity index is 1.93. The van der Waals surface area contributed by atoms with Gasteiger partial charge in [0.2, 0.25) is 0 Å². The van der Waals surface area contributed by atoms with Gasteiger partial charge in [0.1, 0.15) is 23.3 Å². The van der Waals surface area contributed by atoms with Crippen molar-refractivity contribution in [3.8, 4) is 23.3 Å². The van der Waals surface area contributed by atoms with Gasteiger partial charge < -0.3 is 20.3 Å². The van der Waals surface area contributed by atoms with E-state index in [-0.39, 0.29) is 23.3 Å². The maximum atomic E-state index is 12.5. The molecule has 0 aliphatic carbocycles. The highest BCUT2D eigenvalue weighted by Gasteiger charge is 2.22. The molecule has 8 nitrogen and oxygen atoms in total. The van der Waals surface area contributed by atoms with E-state index >= 15 is 0 Å². The van der Waals surface area contributed by atoms with Gasteiger partial charge in [-0.05, 0) is 36.8 Å². The Morgan fingerprint density at radius 1 is 1.17 bits per heavy atom. The molecule has 3 rings (SSSR count). The first kappa shape index (κ1) is 20.6. The monoisotopic (exact) mass is 405 g/mol. The fraction of sp³-hybridized carbons (Fsp3) is 0.182. The largest absolute Gasteiger partial charge is 0.505 e. The lowest BCUT2D eigenvalue weighted by atomic mass is 10.1. The van der Waals surface area contributed by atoms with Crippen LogP contribution in [0.5, 0.6) is 17.2 Å². The molecule has 8 heteroatoms. The zero-order chi connectivity index (χ0) is 21.7. The minimum absolute atomic E-state index is 0.0586. The number of pyridine rings is 1. The lowest BCUT2D eigenvalue weighted by molar-refractivity contribution is -0.141. The maximum absolute atomic E-state index is 12.5. The topological polar surface area (TPSA) is 133 Å². The summed E-state index contributed by atoms with van der Waals surface area (Å²) in [5.74, 6) is -1.89. The number of rotatable bonds is 7. The van der Waals surface area contributed by atoms with E-state index in [0.29, 0.717) is 23.3 Å². The first-order valence-corrected chi connectivity index (χ1v) is 9.25. The second kappa shape index (κ2) is 8.92. The third-order valence-electron chi connectivity index (χ3n) is 4.60. The molecule has 0 fully saturated rings. The molecule has 1 atom stereocenters. The number of hydrogen-bond acceptors (Lipinski definition) is 6.